The fourth-order valence-corrected chi connectivity index (χ4v) is 6.72. The van der Waals surface area contributed by atoms with E-state index in [4.69, 9.17) is 4.42 Å². The van der Waals surface area contributed by atoms with Crippen molar-refractivity contribution in [1.82, 2.24) is 0 Å². The lowest BCUT2D eigenvalue weighted by Crippen LogP contribution is -2.10. The minimum atomic E-state index is 0.885. The number of rotatable bonds is 4. The molecule has 1 heterocycles. The second-order valence-corrected chi connectivity index (χ2v) is 11.4. The van der Waals surface area contributed by atoms with Gasteiger partial charge in [-0.25, -0.2) is 0 Å². The highest BCUT2D eigenvalue weighted by Crippen LogP contribution is 2.42. The third-order valence-electron chi connectivity index (χ3n) is 8.84. The van der Waals surface area contributed by atoms with Crippen LogP contribution < -0.4 is 4.90 Å². The summed E-state index contributed by atoms with van der Waals surface area (Å²) in [5, 5.41) is 9.94. The van der Waals surface area contributed by atoms with Gasteiger partial charge in [0.25, 0.3) is 0 Å². The molecule has 0 N–H and O–H groups in total. The predicted octanol–water partition coefficient (Wildman–Crippen LogP) is 12.2. The lowest BCUT2D eigenvalue weighted by Gasteiger charge is -2.25. The van der Waals surface area contributed by atoms with Crippen molar-refractivity contribution >= 4 is 71.3 Å². The molecule has 2 heteroatoms. The van der Waals surface area contributed by atoms with Crippen LogP contribution in [0.5, 0.6) is 0 Å². The van der Waals surface area contributed by atoms with Crippen molar-refractivity contribution in [2.75, 3.05) is 4.90 Å². The van der Waals surface area contributed by atoms with Gasteiger partial charge in [-0.05, 0) is 85.9 Å². The van der Waals surface area contributed by atoms with E-state index < -0.39 is 0 Å². The smallest absolute Gasteiger partial charge is 0.159 e. The number of para-hydroxylation sites is 3. The summed E-state index contributed by atoms with van der Waals surface area (Å²) in [7, 11) is 0. The van der Waals surface area contributed by atoms with E-state index in [2.05, 4.69) is 157 Å². The molecule has 44 heavy (non-hydrogen) atoms. The van der Waals surface area contributed by atoms with Crippen molar-refractivity contribution in [3.63, 3.8) is 0 Å². The first kappa shape index (κ1) is 24.7. The molecule has 0 aliphatic rings. The van der Waals surface area contributed by atoms with Gasteiger partial charge in [0.1, 0.15) is 5.58 Å². The standard InChI is InChI=1S/C42H27NO/c1-2-10-32(11-3-1)43(40-15-8-14-39-38-13-6-7-16-41(38)44-42(39)40)33-22-17-28(18-23-33)30-20-24-35-31(27-30)21-26-36-34-12-5-4-9-29(34)19-25-37(35)36/h1-27H. The monoisotopic (exact) mass is 561 g/mol. The van der Waals surface area contributed by atoms with E-state index in [1.807, 2.05) is 12.1 Å². The highest BCUT2D eigenvalue weighted by atomic mass is 16.3. The summed E-state index contributed by atoms with van der Waals surface area (Å²) in [6.45, 7) is 0. The maximum atomic E-state index is 6.45. The Labute approximate surface area is 255 Å². The molecule has 0 unspecified atom stereocenters. The molecule has 0 aliphatic carbocycles. The second kappa shape index (κ2) is 9.86. The molecule has 1 aromatic heterocycles. The van der Waals surface area contributed by atoms with Crippen molar-refractivity contribution in [3.8, 4) is 11.1 Å². The summed E-state index contributed by atoms with van der Waals surface area (Å²) >= 11 is 0. The fourth-order valence-electron chi connectivity index (χ4n) is 6.72. The van der Waals surface area contributed by atoms with E-state index in [0.717, 1.165) is 39.0 Å². The first-order valence-electron chi connectivity index (χ1n) is 15.0. The SMILES string of the molecule is c1ccc(N(c2ccc(-c3ccc4c(ccc5c6ccccc6ccc45)c3)cc2)c2cccc3c2oc2ccccc23)cc1. The van der Waals surface area contributed by atoms with Gasteiger partial charge in [-0.3, -0.25) is 0 Å². The van der Waals surface area contributed by atoms with E-state index in [0.29, 0.717) is 0 Å². The van der Waals surface area contributed by atoms with Crippen LogP contribution in [0.3, 0.4) is 0 Å². The molecule has 0 radical (unpaired) electrons. The highest BCUT2D eigenvalue weighted by molar-refractivity contribution is 6.17. The summed E-state index contributed by atoms with van der Waals surface area (Å²) in [6, 6.07) is 58.5. The lowest BCUT2D eigenvalue weighted by molar-refractivity contribution is 0.669. The number of fused-ring (bicyclic) bond motifs is 8. The van der Waals surface area contributed by atoms with Crippen molar-refractivity contribution in [2.45, 2.75) is 0 Å². The predicted molar refractivity (Wildman–Crippen MR) is 186 cm³/mol. The normalized spacial score (nSPS) is 11.6. The molecule has 0 saturated heterocycles. The van der Waals surface area contributed by atoms with Crippen LogP contribution in [-0.4, -0.2) is 0 Å². The molecule has 9 rings (SSSR count). The molecule has 0 amide bonds. The molecule has 206 valence electrons. The Morgan fingerprint density at radius 1 is 0.364 bits per heavy atom. The van der Waals surface area contributed by atoms with Gasteiger partial charge in [-0.1, -0.05) is 121 Å². The number of benzene rings is 8. The number of hydrogen-bond acceptors (Lipinski definition) is 2. The van der Waals surface area contributed by atoms with Crippen molar-refractivity contribution in [1.29, 1.82) is 0 Å². The molecular formula is C42H27NO. The fraction of sp³-hybridized carbons (Fsp3) is 0. The molecule has 2 nitrogen and oxygen atoms in total. The van der Waals surface area contributed by atoms with Gasteiger partial charge < -0.3 is 9.32 Å². The molecule has 8 aromatic carbocycles. The van der Waals surface area contributed by atoms with Gasteiger partial charge in [0, 0.05) is 22.1 Å². The van der Waals surface area contributed by atoms with Crippen LogP contribution in [0.4, 0.5) is 17.1 Å². The highest BCUT2D eigenvalue weighted by Gasteiger charge is 2.19. The Bertz CT molecular complexity index is 2490. The number of anilines is 3. The van der Waals surface area contributed by atoms with Gasteiger partial charge in [0.15, 0.2) is 5.58 Å². The Kier molecular flexibility index (Phi) is 5.54. The van der Waals surface area contributed by atoms with Crippen LogP contribution in [-0.2, 0) is 0 Å². The van der Waals surface area contributed by atoms with Gasteiger partial charge >= 0.3 is 0 Å². The number of nitrogens with zero attached hydrogens (tertiary/aromatic N) is 1. The zero-order valence-electron chi connectivity index (χ0n) is 23.9. The molecule has 0 spiro atoms. The van der Waals surface area contributed by atoms with Gasteiger partial charge in [-0.2, -0.15) is 0 Å². The van der Waals surface area contributed by atoms with E-state index in [1.165, 1.54) is 43.4 Å². The molecule has 0 atom stereocenters. The van der Waals surface area contributed by atoms with Crippen molar-refractivity contribution in [2.24, 2.45) is 0 Å². The largest absolute Gasteiger partial charge is 0.454 e. The molecule has 0 aliphatic heterocycles. The zero-order valence-corrected chi connectivity index (χ0v) is 23.9. The van der Waals surface area contributed by atoms with E-state index in [1.54, 1.807) is 0 Å². The van der Waals surface area contributed by atoms with E-state index in [9.17, 15) is 0 Å². The maximum Gasteiger partial charge on any atom is 0.159 e. The summed E-state index contributed by atoms with van der Waals surface area (Å²) in [5.41, 5.74) is 7.35. The van der Waals surface area contributed by atoms with Crippen molar-refractivity contribution in [3.05, 3.63) is 164 Å². The van der Waals surface area contributed by atoms with Crippen molar-refractivity contribution < 1.29 is 4.42 Å². The molecule has 0 bridgehead atoms. The Morgan fingerprint density at radius 2 is 0.977 bits per heavy atom. The minimum Gasteiger partial charge on any atom is -0.454 e. The van der Waals surface area contributed by atoms with Gasteiger partial charge in [-0.15, -0.1) is 0 Å². The average Bonchev–Trinajstić information content (AvgIpc) is 3.48. The van der Waals surface area contributed by atoms with E-state index >= 15 is 0 Å². The summed E-state index contributed by atoms with van der Waals surface area (Å²) < 4.78 is 6.45. The Balaban J connectivity index is 1.14. The Hall–Kier alpha value is -5.86. The topological polar surface area (TPSA) is 16.4 Å². The second-order valence-electron chi connectivity index (χ2n) is 11.4. The number of hydrogen-bond donors (Lipinski definition) is 0. The molecular weight excluding hydrogens is 534 g/mol. The average molecular weight is 562 g/mol. The summed E-state index contributed by atoms with van der Waals surface area (Å²) in [4.78, 5) is 2.28. The number of furan rings is 1. The van der Waals surface area contributed by atoms with Crippen LogP contribution in [0.2, 0.25) is 0 Å². The summed E-state index contributed by atoms with van der Waals surface area (Å²) in [6.07, 6.45) is 0. The van der Waals surface area contributed by atoms with Crippen LogP contribution in [0.25, 0.3) is 65.4 Å². The first-order chi connectivity index (χ1) is 21.8. The van der Waals surface area contributed by atoms with E-state index in [-0.39, 0.29) is 0 Å². The first-order valence-corrected chi connectivity index (χ1v) is 15.0. The van der Waals surface area contributed by atoms with Crippen LogP contribution in [0.1, 0.15) is 0 Å². The van der Waals surface area contributed by atoms with Crippen LogP contribution >= 0.6 is 0 Å². The third-order valence-corrected chi connectivity index (χ3v) is 8.84. The van der Waals surface area contributed by atoms with Crippen LogP contribution in [0.15, 0.2) is 168 Å². The Morgan fingerprint density at radius 3 is 1.82 bits per heavy atom. The maximum absolute atomic E-state index is 6.45. The zero-order chi connectivity index (χ0) is 29.0. The third kappa shape index (κ3) is 3.89. The molecule has 0 saturated carbocycles. The molecule has 9 aromatic rings. The summed E-state index contributed by atoms with van der Waals surface area (Å²) in [5.74, 6) is 0. The lowest BCUT2D eigenvalue weighted by atomic mass is 9.95. The van der Waals surface area contributed by atoms with Gasteiger partial charge in [0.2, 0.25) is 0 Å². The van der Waals surface area contributed by atoms with Crippen LogP contribution in [0, 0.1) is 0 Å². The van der Waals surface area contributed by atoms with Gasteiger partial charge in [0.05, 0.1) is 5.69 Å². The minimum absolute atomic E-state index is 0.885. The molecule has 0 fully saturated rings. The quantitative estimate of drug-likeness (QED) is 0.199.